The largest absolute Gasteiger partial charge is 0.481 e. The van der Waals surface area contributed by atoms with E-state index in [1.54, 1.807) is 25.1 Å². The Bertz CT molecular complexity index is 393. The lowest BCUT2D eigenvalue weighted by molar-refractivity contribution is -0.139. The third kappa shape index (κ3) is 3.11. The molecule has 2 atom stereocenters. The molecule has 16 heavy (non-hydrogen) atoms. The highest BCUT2D eigenvalue weighted by Crippen LogP contribution is 2.34. The van der Waals surface area contributed by atoms with E-state index in [0.717, 1.165) is 0 Å². The summed E-state index contributed by atoms with van der Waals surface area (Å²) in [5.41, 5.74) is 0.461. The summed E-state index contributed by atoms with van der Waals surface area (Å²) in [7, 11) is 0. The number of hydrogen-bond acceptors (Lipinski definition) is 2. The number of halogens is 2. The van der Waals surface area contributed by atoms with Crippen molar-refractivity contribution in [1.29, 1.82) is 0 Å². The van der Waals surface area contributed by atoms with Crippen LogP contribution in [0.5, 0.6) is 0 Å². The van der Waals surface area contributed by atoms with E-state index in [-0.39, 0.29) is 11.4 Å². The van der Waals surface area contributed by atoms with Gasteiger partial charge in [-0.3, -0.25) is 4.79 Å². The standard InChI is InChI=1S/C11H12Cl2O3/c1-6(5-9(14)15)11(16)7-3-2-4-8(12)10(7)13/h2-4,6,11,16H,5H2,1H3,(H,14,15). The second-order valence-electron chi connectivity index (χ2n) is 3.66. The summed E-state index contributed by atoms with van der Waals surface area (Å²) in [5, 5.41) is 19.2. The van der Waals surface area contributed by atoms with Crippen LogP contribution in [0.4, 0.5) is 0 Å². The molecular formula is C11H12Cl2O3. The Morgan fingerprint density at radius 2 is 2.06 bits per heavy atom. The number of aliphatic hydroxyl groups excluding tert-OH is 1. The summed E-state index contributed by atoms with van der Waals surface area (Å²) in [6.45, 7) is 1.65. The Morgan fingerprint density at radius 3 is 2.62 bits per heavy atom. The second kappa shape index (κ2) is 5.53. The maximum Gasteiger partial charge on any atom is 0.303 e. The molecule has 1 rings (SSSR count). The van der Waals surface area contributed by atoms with Crippen molar-refractivity contribution in [3.63, 3.8) is 0 Å². The highest BCUT2D eigenvalue weighted by molar-refractivity contribution is 6.42. The Labute approximate surface area is 104 Å². The number of carboxylic acid groups (broad SMARTS) is 1. The molecule has 0 fully saturated rings. The summed E-state index contributed by atoms with van der Waals surface area (Å²) >= 11 is 11.7. The number of rotatable bonds is 4. The SMILES string of the molecule is CC(CC(=O)O)C(O)c1cccc(Cl)c1Cl. The Kier molecular flexibility index (Phi) is 4.59. The lowest BCUT2D eigenvalue weighted by atomic mass is 9.95. The van der Waals surface area contributed by atoms with Gasteiger partial charge in [-0.05, 0) is 12.0 Å². The van der Waals surface area contributed by atoms with Gasteiger partial charge in [0.15, 0.2) is 0 Å². The van der Waals surface area contributed by atoms with Crippen LogP contribution in [0.25, 0.3) is 0 Å². The van der Waals surface area contributed by atoms with E-state index in [1.807, 2.05) is 0 Å². The molecule has 0 radical (unpaired) electrons. The van der Waals surface area contributed by atoms with E-state index in [9.17, 15) is 9.90 Å². The first kappa shape index (κ1) is 13.3. The van der Waals surface area contributed by atoms with Gasteiger partial charge in [-0.25, -0.2) is 0 Å². The van der Waals surface area contributed by atoms with Crippen LogP contribution >= 0.6 is 23.2 Å². The summed E-state index contributed by atoms with van der Waals surface area (Å²) < 4.78 is 0. The van der Waals surface area contributed by atoms with Gasteiger partial charge in [-0.15, -0.1) is 0 Å². The first-order valence-corrected chi connectivity index (χ1v) is 5.53. The van der Waals surface area contributed by atoms with Crippen LogP contribution < -0.4 is 0 Å². The molecule has 0 aliphatic heterocycles. The molecule has 0 heterocycles. The summed E-state index contributed by atoms with van der Waals surface area (Å²) in [6.07, 6.45) is -1.05. The average molecular weight is 263 g/mol. The molecule has 0 amide bonds. The molecule has 0 saturated heterocycles. The topological polar surface area (TPSA) is 57.5 Å². The third-order valence-corrected chi connectivity index (χ3v) is 3.17. The van der Waals surface area contributed by atoms with Crippen LogP contribution in [0.3, 0.4) is 0 Å². The first-order valence-electron chi connectivity index (χ1n) is 4.77. The van der Waals surface area contributed by atoms with Gasteiger partial charge in [0.25, 0.3) is 0 Å². The molecule has 0 aliphatic carbocycles. The van der Waals surface area contributed by atoms with Gasteiger partial charge in [0.2, 0.25) is 0 Å². The van der Waals surface area contributed by atoms with Crippen LogP contribution in [0, 0.1) is 5.92 Å². The number of carbonyl (C=O) groups is 1. The number of benzene rings is 1. The minimum atomic E-state index is -0.954. The van der Waals surface area contributed by atoms with Gasteiger partial charge in [0.1, 0.15) is 0 Å². The van der Waals surface area contributed by atoms with Gasteiger partial charge in [0.05, 0.1) is 22.6 Å². The predicted molar refractivity (Wildman–Crippen MR) is 62.8 cm³/mol. The average Bonchev–Trinajstić information content (AvgIpc) is 2.20. The fourth-order valence-corrected chi connectivity index (χ4v) is 1.86. The number of aliphatic hydroxyl groups is 1. The quantitative estimate of drug-likeness (QED) is 0.877. The Balaban J connectivity index is 2.91. The van der Waals surface area contributed by atoms with Crippen LogP contribution in [0.1, 0.15) is 25.0 Å². The molecule has 1 aromatic carbocycles. The minimum Gasteiger partial charge on any atom is -0.481 e. The van der Waals surface area contributed by atoms with Crippen molar-refractivity contribution in [2.75, 3.05) is 0 Å². The van der Waals surface area contributed by atoms with Crippen LogP contribution in [0.15, 0.2) is 18.2 Å². The van der Waals surface area contributed by atoms with Crippen molar-refractivity contribution in [3.05, 3.63) is 33.8 Å². The maximum atomic E-state index is 10.5. The van der Waals surface area contributed by atoms with Crippen LogP contribution in [-0.4, -0.2) is 16.2 Å². The fourth-order valence-electron chi connectivity index (χ4n) is 1.44. The molecule has 2 N–H and O–H groups in total. The van der Waals surface area contributed by atoms with Crippen molar-refractivity contribution in [1.82, 2.24) is 0 Å². The zero-order valence-electron chi connectivity index (χ0n) is 8.65. The van der Waals surface area contributed by atoms with Gasteiger partial charge in [0, 0.05) is 5.56 Å². The van der Waals surface area contributed by atoms with E-state index in [0.29, 0.717) is 10.6 Å². The van der Waals surface area contributed by atoms with Gasteiger partial charge >= 0.3 is 5.97 Å². The molecule has 1 aromatic rings. The number of carboxylic acids is 1. The van der Waals surface area contributed by atoms with Gasteiger partial charge in [-0.1, -0.05) is 42.3 Å². The van der Waals surface area contributed by atoms with Gasteiger partial charge < -0.3 is 10.2 Å². The van der Waals surface area contributed by atoms with Crippen molar-refractivity contribution < 1.29 is 15.0 Å². The monoisotopic (exact) mass is 262 g/mol. The van der Waals surface area contributed by atoms with E-state index >= 15 is 0 Å². The van der Waals surface area contributed by atoms with E-state index < -0.39 is 18.0 Å². The molecule has 88 valence electrons. The maximum absolute atomic E-state index is 10.5. The molecule has 5 heteroatoms. The molecule has 0 aliphatic rings. The normalized spacial score (nSPS) is 14.5. The molecule has 0 aromatic heterocycles. The van der Waals surface area contributed by atoms with Crippen molar-refractivity contribution in [3.8, 4) is 0 Å². The lowest BCUT2D eigenvalue weighted by Gasteiger charge is -2.19. The van der Waals surface area contributed by atoms with Crippen molar-refractivity contribution in [2.45, 2.75) is 19.4 Å². The summed E-state index contributed by atoms with van der Waals surface area (Å²) in [4.78, 5) is 10.5. The Hall–Kier alpha value is -0.770. The second-order valence-corrected chi connectivity index (χ2v) is 4.45. The van der Waals surface area contributed by atoms with E-state index in [1.165, 1.54) is 0 Å². The van der Waals surface area contributed by atoms with E-state index in [2.05, 4.69) is 0 Å². The molecular weight excluding hydrogens is 251 g/mol. The van der Waals surface area contributed by atoms with Crippen LogP contribution in [-0.2, 0) is 4.79 Å². The fraction of sp³-hybridized carbons (Fsp3) is 0.364. The number of aliphatic carboxylic acids is 1. The van der Waals surface area contributed by atoms with Crippen molar-refractivity contribution >= 4 is 29.2 Å². The minimum absolute atomic E-state index is 0.121. The first-order chi connectivity index (χ1) is 7.43. The zero-order chi connectivity index (χ0) is 12.3. The van der Waals surface area contributed by atoms with Crippen LogP contribution in [0.2, 0.25) is 10.0 Å². The summed E-state index contributed by atoms with van der Waals surface area (Å²) in [6, 6.07) is 4.92. The molecule has 0 spiro atoms. The van der Waals surface area contributed by atoms with Gasteiger partial charge in [-0.2, -0.15) is 0 Å². The lowest BCUT2D eigenvalue weighted by Crippen LogP contribution is -2.14. The van der Waals surface area contributed by atoms with E-state index in [4.69, 9.17) is 28.3 Å². The van der Waals surface area contributed by atoms with Crippen molar-refractivity contribution in [2.24, 2.45) is 5.92 Å². The Morgan fingerprint density at radius 1 is 1.44 bits per heavy atom. The highest BCUT2D eigenvalue weighted by Gasteiger charge is 2.22. The highest BCUT2D eigenvalue weighted by atomic mass is 35.5. The summed E-state index contributed by atoms with van der Waals surface area (Å²) in [5.74, 6) is -1.38. The smallest absolute Gasteiger partial charge is 0.303 e. The number of hydrogen-bond donors (Lipinski definition) is 2. The predicted octanol–water partition coefficient (Wildman–Crippen LogP) is 3.14. The third-order valence-electron chi connectivity index (χ3n) is 2.34. The molecule has 2 unspecified atom stereocenters. The molecule has 0 saturated carbocycles. The molecule has 3 nitrogen and oxygen atoms in total. The molecule has 0 bridgehead atoms. The zero-order valence-corrected chi connectivity index (χ0v) is 10.2.